The molecule has 2 aliphatic rings. The van der Waals surface area contributed by atoms with Crippen LogP contribution in [-0.4, -0.2) is 59.5 Å². The lowest BCUT2D eigenvalue weighted by Crippen LogP contribution is -2.56. The van der Waals surface area contributed by atoms with Crippen LogP contribution >= 0.6 is 22.9 Å². The van der Waals surface area contributed by atoms with Gasteiger partial charge in [0.2, 0.25) is 0 Å². The first-order valence-electron chi connectivity index (χ1n) is 9.61. The molecule has 2 atom stereocenters. The average Bonchev–Trinajstić information content (AvgIpc) is 3.23. The summed E-state index contributed by atoms with van der Waals surface area (Å²) in [5.74, 6) is -1.19. The minimum absolute atomic E-state index is 0.160. The standard InChI is InChI=1S/C19H25ClN4O4S/c1-4-7-28-14-9-24(19-21-11(3)15(29-19)18(26)27)6-5-12(14)23-17(25)13-8-10(2)16(20)22-13/h12,14H,4-9H2,1-3H3,(H,23,25)(H,26,27)/t12-,14+/m1/s1. The minimum atomic E-state index is -0.966. The third-order valence-electron chi connectivity index (χ3n) is 4.94. The number of rotatable bonds is 7. The molecule has 1 aromatic heterocycles. The zero-order valence-electron chi connectivity index (χ0n) is 16.7. The molecule has 0 unspecified atom stereocenters. The van der Waals surface area contributed by atoms with Crippen molar-refractivity contribution in [3.63, 3.8) is 0 Å². The summed E-state index contributed by atoms with van der Waals surface area (Å²) in [6.07, 6.45) is 1.76. The van der Waals surface area contributed by atoms with Crippen LogP contribution in [0.3, 0.4) is 0 Å². The van der Waals surface area contributed by atoms with Crippen molar-refractivity contribution in [2.45, 2.75) is 52.2 Å². The van der Waals surface area contributed by atoms with Gasteiger partial charge in [-0.3, -0.25) is 4.79 Å². The van der Waals surface area contributed by atoms with Crippen molar-refractivity contribution in [1.82, 2.24) is 10.3 Å². The fourth-order valence-electron chi connectivity index (χ4n) is 3.37. The number of nitrogens with one attached hydrogen (secondary N) is 1. The Kier molecular flexibility index (Phi) is 6.92. The van der Waals surface area contributed by atoms with E-state index in [0.29, 0.717) is 54.2 Å². The number of anilines is 1. The average molecular weight is 441 g/mol. The Bertz CT molecular complexity index is 866. The van der Waals surface area contributed by atoms with Crippen molar-refractivity contribution >= 4 is 45.7 Å². The highest BCUT2D eigenvalue weighted by Crippen LogP contribution is 2.29. The number of hydrogen-bond donors (Lipinski definition) is 2. The minimum Gasteiger partial charge on any atom is -0.477 e. The maximum atomic E-state index is 12.6. The smallest absolute Gasteiger partial charge is 0.347 e. The Balaban J connectivity index is 1.69. The molecule has 0 spiro atoms. The summed E-state index contributed by atoms with van der Waals surface area (Å²) in [6.45, 7) is 7.34. The van der Waals surface area contributed by atoms with E-state index in [2.05, 4.69) is 15.3 Å². The summed E-state index contributed by atoms with van der Waals surface area (Å²) in [5, 5.41) is 13.4. The molecule has 158 valence electrons. The monoisotopic (exact) mass is 440 g/mol. The second kappa shape index (κ2) is 9.23. The van der Waals surface area contributed by atoms with Gasteiger partial charge >= 0.3 is 5.97 Å². The second-order valence-electron chi connectivity index (χ2n) is 7.25. The summed E-state index contributed by atoms with van der Waals surface area (Å²) >= 11 is 7.17. The van der Waals surface area contributed by atoms with Crippen molar-refractivity contribution in [3.05, 3.63) is 21.3 Å². The van der Waals surface area contributed by atoms with Crippen molar-refractivity contribution in [2.24, 2.45) is 4.99 Å². The van der Waals surface area contributed by atoms with E-state index in [0.717, 1.165) is 12.0 Å². The van der Waals surface area contributed by atoms with Crippen LogP contribution in [0.1, 0.15) is 48.5 Å². The SMILES string of the molecule is CCCO[C@H]1CN(c2nc(C)c(C(=O)O)s2)CC[C@H]1NC(=O)C1=NC(Cl)=C(C)C1. The number of aliphatic imine (C=N–C) groups is 1. The van der Waals surface area contributed by atoms with Crippen LogP contribution in [0.4, 0.5) is 5.13 Å². The fourth-order valence-corrected chi connectivity index (χ4v) is 4.48. The number of halogens is 1. The van der Waals surface area contributed by atoms with E-state index in [9.17, 15) is 14.7 Å². The molecule has 29 heavy (non-hydrogen) atoms. The third-order valence-corrected chi connectivity index (χ3v) is 6.56. The largest absolute Gasteiger partial charge is 0.477 e. The second-order valence-corrected chi connectivity index (χ2v) is 8.58. The van der Waals surface area contributed by atoms with Crippen molar-refractivity contribution in [2.75, 3.05) is 24.6 Å². The molecule has 2 aliphatic heterocycles. The Morgan fingerprint density at radius 2 is 2.17 bits per heavy atom. The third kappa shape index (κ3) is 4.96. The molecule has 0 aromatic carbocycles. The normalized spacial score (nSPS) is 22.1. The lowest BCUT2D eigenvalue weighted by atomic mass is 10.0. The topological polar surface area (TPSA) is 104 Å². The molecule has 1 saturated heterocycles. The fraction of sp³-hybridized carbons (Fsp3) is 0.579. The number of aromatic carboxylic acids is 1. The zero-order valence-corrected chi connectivity index (χ0v) is 18.3. The zero-order chi connectivity index (χ0) is 21.1. The van der Waals surface area contributed by atoms with Gasteiger partial charge in [-0.25, -0.2) is 14.8 Å². The van der Waals surface area contributed by atoms with E-state index in [1.165, 1.54) is 11.3 Å². The Morgan fingerprint density at radius 1 is 1.41 bits per heavy atom. The number of nitrogens with zero attached hydrogens (tertiary/aromatic N) is 3. The van der Waals surface area contributed by atoms with E-state index in [-0.39, 0.29) is 22.9 Å². The van der Waals surface area contributed by atoms with E-state index >= 15 is 0 Å². The predicted molar refractivity (Wildman–Crippen MR) is 113 cm³/mol. The van der Waals surface area contributed by atoms with E-state index in [4.69, 9.17) is 16.3 Å². The van der Waals surface area contributed by atoms with Crippen LogP contribution in [0.15, 0.2) is 15.7 Å². The number of carbonyl (C=O) groups excluding carboxylic acids is 1. The van der Waals surface area contributed by atoms with Crippen LogP contribution in [-0.2, 0) is 9.53 Å². The number of piperidine rings is 1. The van der Waals surface area contributed by atoms with Crippen LogP contribution in [0.2, 0.25) is 0 Å². The van der Waals surface area contributed by atoms with Crippen LogP contribution < -0.4 is 10.2 Å². The van der Waals surface area contributed by atoms with Crippen LogP contribution in [0.5, 0.6) is 0 Å². The Hall–Kier alpha value is -1.97. The number of carbonyl (C=O) groups is 2. The molecule has 0 bridgehead atoms. The molecule has 3 rings (SSSR count). The van der Waals surface area contributed by atoms with Gasteiger partial charge in [-0.15, -0.1) is 0 Å². The van der Waals surface area contributed by atoms with Gasteiger partial charge in [-0.1, -0.05) is 29.9 Å². The first-order chi connectivity index (χ1) is 13.8. The number of hydrogen-bond acceptors (Lipinski definition) is 7. The highest BCUT2D eigenvalue weighted by atomic mass is 35.5. The first kappa shape index (κ1) is 21.7. The van der Waals surface area contributed by atoms with Gasteiger partial charge < -0.3 is 20.1 Å². The molecule has 0 radical (unpaired) electrons. The van der Waals surface area contributed by atoms with Gasteiger partial charge in [-0.2, -0.15) is 0 Å². The van der Waals surface area contributed by atoms with E-state index < -0.39 is 5.97 Å². The lowest BCUT2D eigenvalue weighted by molar-refractivity contribution is -0.117. The summed E-state index contributed by atoms with van der Waals surface area (Å²) in [4.78, 5) is 34.8. The van der Waals surface area contributed by atoms with Crippen molar-refractivity contribution < 1.29 is 19.4 Å². The number of aromatic nitrogens is 1. The number of carboxylic acid groups (broad SMARTS) is 1. The number of amides is 1. The lowest BCUT2D eigenvalue weighted by Gasteiger charge is -2.38. The maximum Gasteiger partial charge on any atom is 0.347 e. The molecule has 2 N–H and O–H groups in total. The predicted octanol–water partition coefficient (Wildman–Crippen LogP) is 2.95. The highest BCUT2D eigenvalue weighted by Gasteiger charge is 2.34. The van der Waals surface area contributed by atoms with E-state index in [1.807, 2.05) is 18.7 Å². The number of allylic oxidation sites excluding steroid dienone is 1. The van der Waals surface area contributed by atoms with Gasteiger partial charge in [0.15, 0.2) is 5.13 Å². The number of carboxylic acids is 1. The number of ether oxygens (including phenoxy) is 1. The van der Waals surface area contributed by atoms with E-state index in [1.54, 1.807) is 6.92 Å². The number of aryl methyl sites for hydroxylation is 1. The first-order valence-corrected chi connectivity index (χ1v) is 10.8. The Morgan fingerprint density at radius 3 is 2.76 bits per heavy atom. The molecular weight excluding hydrogens is 416 g/mol. The summed E-state index contributed by atoms with van der Waals surface area (Å²) in [6, 6.07) is -0.160. The van der Waals surface area contributed by atoms with Crippen LogP contribution in [0.25, 0.3) is 0 Å². The molecule has 0 aliphatic carbocycles. The van der Waals surface area contributed by atoms with Crippen molar-refractivity contribution in [1.29, 1.82) is 0 Å². The highest BCUT2D eigenvalue weighted by molar-refractivity contribution is 7.17. The molecular formula is C19H25ClN4O4S. The summed E-state index contributed by atoms with van der Waals surface area (Å²) in [7, 11) is 0. The van der Waals surface area contributed by atoms with Gasteiger partial charge in [0.1, 0.15) is 15.7 Å². The quantitative estimate of drug-likeness (QED) is 0.631. The number of thiazole rings is 1. The van der Waals surface area contributed by atoms with Gasteiger partial charge in [0, 0.05) is 26.1 Å². The Labute approximate surface area is 178 Å². The van der Waals surface area contributed by atoms with Crippen molar-refractivity contribution in [3.8, 4) is 0 Å². The summed E-state index contributed by atoms with van der Waals surface area (Å²) < 4.78 is 6.01. The molecule has 3 heterocycles. The van der Waals surface area contributed by atoms with Gasteiger partial charge in [-0.05, 0) is 32.3 Å². The maximum absolute atomic E-state index is 12.6. The molecule has 1 amide bonds. The molecule has 10 heteroatoms. The van der Waals surface area contributed by atoms with Gasteiger partial charge in [0.25, 0.3) is 5.91 Å². The molecule has 1 fully saturated rings. The molecule has 1 aromatic rings. The molecule has 0 saturated carbocycles. The summed E-state index contributed by atoms with van der Waals surface area (Å²) in [5.41, 5.74) is 1.82. The molecule has 8 nitrogen and oxygen atoms in total. The van der Waals surface area contributed by atoms with Gasteiger partial charge in [0.05, 0.1) is 17.8 Å². The van der Waals surface area contributed by atoms with Crippen LogP contribution in [0, 0.1) is 6.92 Å².